The first kappa shape index (κ1) is 21.1. The Morgan fingerprint density at radius 1 is 1.16 bits per heavy atom. The number of carbonyl (C=O) groups excluding carboxylic acids is 2. The number of nitrogens with zero attached hydrogens (tertiary/aromatic N) is 4. The number of nitrogens with one attached hydrogen (secondary N) is 1. The van der Waals surface area contributed by atoms with Crippen LogP contribution >= 0.6 is 0 Å². The van der Waals surface area contributed by atoms with Crippen LogP contribution in [0, 0.1) is 0 Å². The predicted molar refractivity (Wildman–Crippen MR) is 118 cm³/mol. The molecule has 2 atom stereocenters. The number of alkyl carbamates (subject to hydrolysis) is 1. The number of amides is 2. The molecule has 0 saturated carbocycles. The van der Waals surface area contributed by atoms with Crippen LogP contribution in [0.5, 0.6) is 0 Å². The summed E-state index contributed by atoms with van der Waals surface area (Å²) in [6.07, 6.45) is 2.49. The minimum Gasteiger partial charge on any atom is -0.444 e. The Balaban J connectivity index is 1.55. The van der Waals surface area contributed by atoms with Gasteiger partial charge in [0.25, 0.3) is 0 Å². The topological polar surface area (TPSA) is 87.7 Å². The number of rotatable bonds is 4. The maximum Gasteiger partial charge on any atom is 0.408 e. The van der Waals surface area contributed by atoms with Gasteiger partial charge in [-0.05, 0) is 27.2 Å². The number of aromatic nitrogens is 2. The van der Waals surface area contributed by atoms with E-state index in [-0.39, 0.29) is 18.0 Å². The fourth-order valence-corrected chi connectivity index (χ4v) is 4.20. The molecule has 8 heteroatoms. The third-order valence-corrected chi connectivity index (χ3v) is 5.55. The molecule has 2 aliphatic heterocycles. The molecule has 164 valence electrons. The van der Waals surface area contributed by atoms with Crippen molar-refractivity contribution in [3.8, 4) is 11.3 Å². The molecule has 8 nitrogen and oxygen atoms in total. The summed E-state index contributed by atoms with van der Waals surface area (Å²) >= 11 is 0. The van der Waals surface area contributed by atoms with Gasteiger partial charge in [-0.2, -0.15) is 0 Å². The van der Waals surface area contributed by atoms with Crippen molar-refractivity contribution in [3.05, 3.63) is 42.7 Å². The van der Waals surface area contributed by atoms with Crippen molar-refractivity contribution < 1.29 is 14.3 Å². The van der Waals surface area contributed by atoms with Gasteiger partial charge in [-0.25, -0.2) is 14.8 Å². The molecule has 3 heterocycles. The van der Waals surface area contributed by atoms with Gasteiger partial charge < -0.3 is 19.9 Å². The monoisotopic (exact) mass is 423 g/mol. The molecule has 0 spiro atoms. The summed E-state index contributed by atoms with van der Waals surface area (Å²) in [5, 5.41) is 2.99. The lowest BCUT2D eigenvalue weighted by Crippen LogP contribution is -2.52. The van der Waals surface area contributed by atoms with Crippen LogP contribution in [0.3, 0.4) is 0 Å². The molecule has 2 amide bonds. The van der Waals surface area contributed by atoms with Gasteiger partial charge in [-0.15, -0.1) is 0 Å². The number of hydrogen-bond donors (Lipinski definition) is 1. The molecule has 0 bridgehead atoms. The molecule has 2 aromatic rings. The summed E-state index contributed by atoms with van der Waals surface area (Å²) in [7, 11) is 0. The van der Waals surface area contributed by atoms with E-state index in [2.05, 4.69) is 20.2 Å². The summed E-state index contributed by atoms with van der Waals surface area (Å²) < 4.78 is 5.46. The Labute approximate surface area is 182 Å². The minimum atomic E-state index is -0.585. The second-order valence-electron chi connectivity index (χ2n) is 9.04. The Bertz CT molecular complexity index is 944. The van der Waals surface area contributed by atoms with Gasteiger partial charge >= 0.3 is 6.09 Å². The van der Waals surface area contributed by atoms with Crippen LogP contribution in [0.1, 0.15) is 33.6 Å². The van der Waals surface area contributed by atoms with Crippen LogP contribution in [-0.4, -0.2) is 64.2 Å². The van der Waals surface area contributed by atoms with Gasteiger partial charge in [0.15, 0.2) is 0 Å². The largest absolute Gasteiger partial charge is 0.444 e. The summed E-state index contributed by atoms with van der Waals surface area (Å²) in [5.41, 5.74) is 1.27. The number of anilines is 1. The first-order valence-electron chi connectivity index (χ1n) is 10.7. The molecule has 1 aromatic heterocycles. The second-order valence-corrected chi connectivity index (χ2v) is 9.04. The van der Waals surface area contributed by atoms with Gasteiger partial charge in [-0.1, -0.05) is 30.3 Å². The lowest BCUT2D eigenvalue weighted by molar-refractivity contribution is -0.129. The highest BCUT2D eigenvalue weighted by atomic mass is 16.6. The van der Waals surface area contributed by atoms with Crippen molar-refractivity contribution in [2.24, 2.45) is 0 Å². The molecular formula is C23H29N5O3. The molecule has 1 N–H and O–H groups in total. The molecule has 4 rings (SSSR count). The van der Waals surface area contributed by atoms with E-state index in [0.29, 0.717) is 26.1 Å². The number of likely N-dealkylation sites (tertiary alicyclic amines) is 1. The Hall–Kier alpha value is -3.16. The lowest BCUT2D eigenvalue weighted by Gasteiger charge is -2.29. The van der Waals surface area contributed by atoms with Crippen molar-refractivity contribution in [3.63, 3.8) is 0 Å². The summed E-state index contributed by atoms with van der Waals surface area (Å²) in [6, 6.07) is 11.5. The molecule has 0 radical (unpaired) electrons. The van der Waals surface area contributed by atoms with Crippen molar-refractivity contribution in [2.45, 2.75) is 51.3 Å². The zero-order chi connectivity index (χ0) is 22.0. The minimum absolute atomic E-state index is 0.127. The zero-order valence-electron chi connectivity index (χ0n) is 18.2. The molecule has 2 saturated heterocycles. The molecule has 2 aliphatic rings. The quantitative estimate of drug-likeness (QED) is 0.814. The van der Waals surface area contributed by atoms with E-state index in [1.54, 1.807) is 6.33 Å². The standard InChI is InChI=1S/C23H29N5O3/c1-23(2,3)31-22(30)26-18-13-27(14-19(18)28-11-7-10-21(28)29)20-12-17(24-15-25-20)16-8-5-4-6-9-16/h4-6,8-9,12,15,18-19H,7,10-11,13-14H2,1-3H3,(H,26,30)/t18-,19-/m0/s1. The van der Waals surface area contributed by atoms with Crippen LogP contribution < -0.4 is 10.2 Å². The first-order chi connectivity index (χ1) is 14.8. The molecule has 31 heavy (non-hydrogen) atoms. The van der Waals surface area contributed by atoms with Gasteiger partial charge in [0.2, 0.25) is 5.91 Å². The van der Waals surface area contributed by atoms with Gasteiger partial charge in [0.05, 0.1) is 17.8 Å². The van der Waals surface area contributed by atoms with Crippen LogP contribution in [0.2, 0.25) is 0 Å². The predicted octanol–water partition coefficient (Wildman–Crippen LogP) is 2.85. The average molecular weight is 424 g/mol. The maximum atomic E-state index is 12.5. The molecular weight excluding hydrogens is 394 g/mol. The van der Waals surface area contributed by atoms with Crippen LogP contribution in [-0.2, 0) is 9.53 Å². The van der Waals surface area contributed by atoms with E-state index in [1.165, 1.54) is 0 Å². The van der Waals surface area contributed by atoms with Crippen LogP contribution in [0.25, 0.3) is 11.3 Å². The normalized spacial score (nSPS) is 21.5. The van der Waals surface area contributed by atoms with Crippen molar-refractivity contribution >= 4 is 17.8 Å². The number of carbonyl (C=O) groups is 2. The highest BCUT2D eigenvalue weighted by Crippen LogP contribution is 2.27. The molecule has 0 aliphatic carbocycles. The maximum absolute atomic E-state index is 12.5. The first-order valence-corrected chi connectivity index (χ1v) is 10.7. The SMILES string of the molecule is CC(C)(C)OC(=O)N[C@H]1CN(c2cc(-c3ccccc3)ncn2)C[C@@H]1N1CCCC1=O. The van der Waals surface area contributed by atoms with Crippen LogP contribution in [0.15, 0.2) is 42.7 Å². The van der Waals surface area contributed by atoms with E-state index >= 15 is 0 Å². The smallest absolute Gasteiger partial charge is 0.408 e. The van der Waals surface area contributed by atoms with Gasteiger partial charge in [-0.3, -0.25) is 4.79 Å². The fraction of sp³-hybridized carbons (Fsp3) is 0.478. The van der Waals surface area contributed by atoms with Crippen LogP contribution in [0.4, 0.5) is 10.6 Å². The van der Waals surface area contributed by atoms with Crippen molar-refractivity contribution in [1.82, 2.24) is 20.2 Å². The van der Waals surface area contributed by atoms with E-state index < -0.39 is 11.7 Å². The van der Waals surface area contributed by atoms with E-state index in [0.717, 1.165) is 23.5 Å². The summed E-state index contributed by atoms with van der Waals surface area (Å²) in [5.74, 6) is 0.912. The summed E-state index contributed by atoms with van der Waals surface area (Å²) in [6.45, 7) is 7.35. The third kappa shape index (κ3) is 4.95. The van der Waals surface area contributed by atoms with Crippen molar-refractivity contribution in [1.29, 1.82) is 0 Å². The zero-order valence-corrected chi connectivity index (χ0v) is 18.2. The number of ether oxygens (including phenoxy) is 1. The average Bonchev–Trinajstić information content (AvgIpc) is 3.33. The van der Waals surface area contributed by atoms with E-state index in [9.17, 15) is 9.59 Å². The van der Waals surface area contributed by atoms with Gasteiger partial charge in [0, 0.05) is 37.7 Å². The van der Waals surface area contributed by atoms with E-state index in [4.69, 9.17) is 4.74 Å². The Morgan fingerprint density at radius 3 is 2.61 bits per heavy atom. The Morgan fingerprint density at radius 2 is 1.94 bits per heavy atom. The third-order valence-electron chi connectivity index (χ3n) is 5.55. The van der Waals surface area contributed by atoms with Gasteiger partial charge in [0.1, 0.15) is 17.7 Å². The highest BCUT2D eigenvalue weighted by molar-refractivity contribution is 5.79. The van der Waals surface area contributed by atoms with Crippen molar-refractivity contribution in [2.75, 3.05) is 24.5 Å². The Kier molecular flexibility index (Phi) is 5.80. The lowest BCUT2D eigenvalue weighted by atomic mass is 10.1. The second kappa shape index (κ2) is 8.53. The molecule has 2 fully saturated rings. The highest BCUT2D eigenvalue weighted by Gasteiger charge is 2.42. The number of hydrogen-bond acceptors (Lipinski definition) is 6. The fourth-order valence-electron chi connectivity index (χ4n) is 4.20. The van der Waals surface area contributed by atoms with E-state index in [1.807, 2.05) is 62.1 Å². The molecule has 1 aromatic carbocycles. The molecule has 0 unspecified atom stereocenters. The number of benzene rings is 1. The summed E-state index contributed by atoms with van der Waals surface area (Å²) in [4.78, 5) is 37.8.